The summed E-state index contributed by atoms with van der Waals surface area (Å²) in [5.74, 6) is 0.808. The van der Waals surface area contributed by atoms with Crippen molar-refractivity contribution in [1.82, 2.24) is 4.90 Å². The fourth-order valence-electron chi connectivity index (χ4n) is 3.01. The van der Waals surface area contributed by atoms with E-state index in [1.54, 1.807) is 0 Å². The molecule has 1 aliphatic rings. The first-order valence-electron chi connectivity index (χ1n) is 8.55. The van der Waals surface area contributed by atoms with Gasteiger partial charge in [-0.2, -0.15) is 0 Å². The van der Waals surface area contributed by atoms with Crippen molar-refractivity contribution in [3.63, 3.8) is 0 Å². The third-order valence-corrected chi connectivity index (χ3v) is 6.00. The van der Waals surface area contributed by atoms with Gasteiger partial charge in [0.25, 0.3) is 0 Å². The zero-order valence-electron chi connectivity index (χ0n) is 14.5. The van der Waals surface area contributed by atoms with Gasteiger partial charge in [-0.05, 0) is 23.8 Å². The van der Waals surface area contributed by atoms with Crippen LogP contribution >= 0.6 is 0 Å². The van der Waals surface area contributed by atoms with Gasteiger partial charge in [0.2, 0.25) is 5.91 Å². The smallest absolute Gasteiger partial charge is 0.223 e. The number of carbonyl (C=O) groups excluding carboxylic acids is 1. The molecule has 132 valence electrons. The van der Waals surface area contributed by atoms with Crippen molar-refractivity contribution in [2.45, 2.75) is 26.7 Å². The van der Waals surface area contributed by atoms with Gasteiger partial charge in [0.05, 0.1) is 11.5 Å². The minimum atomic E-state index is -2.93. The Balaban J connectivity index is 1.94. The average molecular weight is 349 g/mol. The zero-order chi connectivity index (χ0) is 17.6. The van der Waals surface area contributed by atoms with E-state index in [-0.39, 0.29) is 23.3 Å². The van der Waals surface area contributed by atoms with Gasteiger partial charge in [-0.15, -0.1) is 0 Å². The van der Waals surface area contributed by atoms with Crippen LogP contribution in [0.5, 0.6) is 0 Å². The number of benzene rings is 1. The summed E-state index contributed by atoms with van der Waals surface area (Å²) in [5, 5.41) is 0. The minimum Gasteiger partial charge on any atom is -0.339 e. The molecule has 1 amide bonds. The fourth-order valence-corrected chi connectivity index (χ4v) is 4.87. The number of rotatable bonds is 7. The molecule has 0 spiro atoms. The molecule has 24 heavy (non-hydrogen) atoms. The SMILES string of the molecule is CC(C)CN(CC=Cc1ccccc1)C(=O)CC1CCS(=O)(=O)C1. The van der Waals surface area contributed by atoms with Crippen LogP contribution < -0.4 is 0 Å². The molecule has 1 aromatic carbocycles. The van der Waals surface area contributed by atoms with Gasteiger partial charge in [-0.25, -0.2) is 8.42 Å². The molecule has 1 heterocycles. The summed E-state index contributed by atoms with van der Waals surface area (Å²) < 4.78 is 23.1. The number of amides is 1. The standard InChI is InChI=1S/C19H27NO3S/c1-16(2)14-20(11-6-9-17-7-4-3-5-8-17)19(21)13-18-10-12-24(22,23)15-18/h3-9,16,18H,10-15H2,1-2H3. The summed E-state index contributed by atoms with van der Waals surface area (Å²) in [4.78, 5) is 14.4. The van der Waals surface area contributed by atoms with E-state index in [0.29, 0.717) is 31.8 Å². The number of sulfone groups is 1. The van der Waals surface area contributed by atoms with Crippen LogP contribution in [-0.4, -0.2) is 43.8 Å². The molecule has 0 aliphatic carbocycles. The number of hydrogen-bond donors (Lipinski definition) is 0. The third kappa shape index (κ3) is 6.11. The monoisotopic (exact) mass is 349 g/mol. The highest BCUT2D eigenvalue weighted by Crippen LogP contribution is 2.22. The minimum absolute atomic E-state index is 0.0183. The summed E-state index contributed by atoms with van der Waals surface area (Å²) in [6.45, 7) is 5.42. The normalized spacial score (nSPS) is 19.9. The van der Waals surface area contributed by atoms with Crippen molar-refractivity contribution in [3.05, 3.63) is 42.0 Å². The molecule has 2 rings (SSSR count). The van der Waals surface area contributed by atoms with Crippen LogP contribution in [0.1, 0.15) is 32.3 Å². The van der Waals surface area contributed by atoms with Crippen molar-refractivity contribution in [2.24, 2.45) is 11.8 Å². The molecule has 0 radical (unpaired) electrons. The molecule has 5 heteroatoms. The molecule has 0 bridgehead atoms. The fraction of sp³-hybridized carbons (Fsp3) is 0.526. The van der Waals surface area contributed by atoms with Gasteiger partial charge in [0.1, 0.15) is 0 Å². The number of carbonyl (C=O) groups is 1. The molecule has 0 N–H and O–H groups in total. The van der Waals surface area contributed by atoms with E-state index in [9.17, 15) is 13.2 Å². The second-order valence-corrected chi connectivity index (χ2v) is 9.21. The molecule has 1 aliphatic heterocycles. The van der Waals surface area contributed by atoms with E-state index in [1.165, 1.54) is 0 Å². The number of nitrogens with zero attached hydrogens (tertiary/aromatic N) is 1. The molecular weight excluding hydrogens is 322 g/mol. The molecule has 1 saturated heterocycles. The summed E-state index contributed by atoms with van der Waals surface area (Å²) >= 11 is 0. The van der Waals surface area contributed by atoms with Crippen molar-refractivity contribution in [3.8, 4) is 0 Å². The van der Waals surface area contributed by atoms with E-state index in [2.05, 4.69) is 13.8 Å². The van der Waals surface area contributed by atoms with E-state index < -0.39 is 9.84 Å². The Morgan fingerprint density at radius 2 is 2.00 bits per heavy atom. The Kier molecular flexibility index (Phi) is 6.60. The van der Waals surface area contributed by atoms with E-state index >= 15 is 0 Å². The summed E-state index contributed by atoms with van der Waals surface area (Å²) in [6.07, 6.45) is 4.97. The van der Waals surface area contributed by atoms with Gasteiger partial charge in [-0.3, -0.25) is 4.79 Å². The molecule has 0 saturated carbocycles. The Labute approximate surface area is 145 Å². The topological polar surface area (TPSA) is 54.5 Å². The van der Waals surface area contributed by atoms with Gasteiger partial charge in [0, 0.05) is 19.5 Å². The predicted molar refractivity (Wildman–Crippen MR) is 98.3 cm³/mol. The van der Waals surface area contributed by atoms with Crippen LogP contribution in [0.25, 0.3) is 6.08 Å². The lowest BCUT2D eigenvalue weighted by Crippen LogP contribution is -2.35. The Hall–Kier alpha value is -1.62. The van der Waals surface area contributed by atoms with Crippen LogP contribution in [0.4, 0.5) is 0 Å². The van der Waals surface area contributed by atoms with Crippen molar-refractivity contribution in [1.29, 1.82) is 0 Å². The highest BCUT2D eigenvalue weighted by molar-refractivity contribution is 7.91. The lowest BCUT2D eigenvalue weighted by molar-refractivity contribution is -0.132. The van der Waals surface area contributed by atoms with Gasteiger partial charge < -0.3 is 4.90 Å². The lowest BCUT2D eigenvalue weighted by Gasteiger charge is -2.24. The molecule has 1 fully saturated rings. The highest BCUT2D eigenvalue weighted by Gasteiger charge is 2.30. The quantitative estimate of drug-likeness (QED) is 0.760. The van der Waals surface area contributed by atoms with Crippen molar-refractivity contribution < 1.29 is 13.2 Å². The number of hydrogen-bond acceptors (Lipinski definition) is 3. The molecule has 0 aromatic heterocycles. The van der Waals surface area contributed by atoms with Crippen LogP contribution in [0.15, 0.2) is 36.4 Å². The third-order valence-electron chi connectivity index (χ3n) is 4.16. The second-order valence-electron chi connectivity index (χ2n) is 6.98. The van der Waals surface area contributed by atoms with Crippen LogP contribution in [0.2, 0.25) is 0 Å². The van der Waals surface area contributed by atoms with Crippen molar-refractivity contribution >= 4 is 21.8 Å². The molecule has 1 unspecified atom stereocenters. The van der Waals surface area contributed by atoms with Crippen LogP contribution in [0, 0.1) is 11.8 Å². The Morgan fingerprint density at radius 1 is 1.29 bits per heavy atom. The summed E-state index contributed by atoms with van der Waals surface area (Å²) in [5.41, 5.74) is 1.11. The Morgan fingerprint density at radius 3 is 2.58 bits per heavy atom. The summed E-state index contributed by atoms with van der Waals surface area (Å²) in [6, 6.07) is 9.99. The molecular formula is C19H27NO3S. The Bertz CT molecular complexity index is 665. The maximum Gasteiger partial charge on any atom is 0.223 e. The molecule has 1 atom stereocenters. The highest BCUT2D eigenvalue weighted by atomic mass is 32.2. The largest absolute Gasteiger partial charge is 0.339 e. The van der Waals surface area contributed by atoms with Gasteiger partial charge >= 0.3 is 0 Å². The second kappa shape index (κ2) is 8.47. The van der Waals surface area contributed by atoms with E-state index in [0.717, 1.165) is 5.56 Å². The first-order valence-corrected chi connectivity index (χ1v) is 10.4. The molecule has 4 nitrogen and oxygen atoms in total. The maximum atomic E-state index is 12.6. The summed E-state index contributed by atoms with van der Waals surface area (Å²) in [7, 11) is -2.93. The van der Waals surface area contributed by atoms with E-state index in [4.69, 9.17) is 0 Å². The molecule has 1 aromatic rings. The van der Waals surface area contributed by atoms with E-state index in [1.807, 2.05) is 47.4 Å². The maximum absolute atomic E-state index is 12.6. The zero-order valence-corrected chi connectivity index (χ0v) is 15.3. The first kappa shape index (κ1) is 18.7. The predicted octanol–water partition coefficient (Wildman–Crippen LogP) is 3.01. The van der Waals surface area contributed by atoms with Crippen LogP contribution in [0.3, 0.4) is 0 Å². The first-order chi connectivity index (χ1) is 11.4. The average Bonchev–Trinajstić information content (AvgIpc) is 2.85. The van der Waals surface area contributed by atoms with Crippen molar-refractivity contribution in [2.75, 3.05) is 24.6 Å². The lowest BCUT2D eigenvalue weighted by atomic mass is 10.0. The van der Waals surface area contributed by atoms with Gasteiger partial charge in [-0.1, -0.05) is 56.3 Å². The van der Waals surface area contributed by atoms with Gasteiger partial charge in [0.15, 0.2) is 9.84 Å². The van der Waals surface area contributed by atoms with Crippen LogP contribution in [-0.2, 0) is 14.6 Å².